The van der Waals surface area contributed by atoms with Crippen molar-refractivity contribution in [1.82, 2.24) is 10.3 Å². The molecule has 3 rings (SSSR count). The Balaban J connectivity index is 1.63. The van der Waals surface area contributed by atoms with Gasteiger partial charge in [-0.3, -0.25) is 4.98 Å². The van der Waals surface area contributed by atoms with Crippen molar-refractivity contribution in [2.24, 2.45) is 0 Å². The maximum atomic E-state index is 5.10. The summed E-state index contributed by atoms with van der Waals surface area (Å²) in [4.78, 5) is 6.61. The molecule has 100 valence electrons. The van der Waals surface area contributed by atoms with Crippen LogP contribution in [-0.2, 0) is 13.1 Å². The van der Waals surface area contributed by atoms with E-state index in [4.69, 9.17) is 4.42 Å². The molecular weight excluding hydrogens is 238 g/mol. The van der Waals surface area contributed by atoms with Crippen LogP contribution in [0.2, 0.25) is 0 Å². The second kappa shape index (κ2) is 5.45. The third-order valence-corrected chi connectivity index (χ3v) is 3.39. The number of hydrogen-bond acceptors (Lipinski definition) is 4. The van der Waals surface area contributed by atoms with Gasteiger partial charge in [-0.25, -0.2) is 0 Å². The lowest BCUT2D eigenvalue weighted by Gasteiger charge is -2.19. The molecule has 19 heavy (non-hydrogen) atoms. The number of rotatable bonds is 6. The second-order valence-electron chi connectivity index (χ2n) is 5.15. The highest BCUT2D eigenvalue weighted by Gasteiger charge is 2.20. The van der Waals surface area contributed by atoms with Gasteiger partial charge in [-0.05, 0) is 31.0 Å². The highest BCUT2D eigenvalue weighted by Crippen LogP contribution is 2.20. The molecule has 2 aromatic heterocycles. The number of nitrogens with zero attached hydrogens (tertiary/aromatic N) is 2. The molecular formula is C15H19N3O. The molecule has 0 radical (unpaired) electrons. The summed E-state index contributed by atoms with van der Waals surface area (Å²) in [5.41, 5.74) is 3.46. The zero-order valence-electron chi connectivity index (χ0n) is 11.2. The number of anilines is 1. The van der Waals surface area contributed by atoms with Crippen LogP contribution in [0.5, 0.6) is 0 Å². The molecule has 0 aromatic carbocycles. The van der Waals surface area contributed by atoms with E-state index in [0.29, 0.717) is 6.04 Å². The molecule has 1 fully saturated rings. The fourth-order valence-corrected chi connectivity index (χ4v) is 2.08. The van der Waals surface area contributed by atoms with Crippen LogP contribution in [0, 0.1) is 0 Å². The average Bonchev–Trinajstić information content (AvgIpc) is 3.13. The topological polar surface area (TPSA) is 41.3 Å². The summed E-state index contributed by atoms with van der Waals surface area (Å²) >= 11 is 0. The molecule has 0 amide bonds. The molecule has 2 heterocycles. The first kappa shape index (κ1) is 12.2. The quantitative estimate of drug-likeness (QED) is 0.863. The normalized spacial score (nSPS) is 14.6. The monoisotopic (exact) mass is 257 g/mol. The molecule has 1 N–H and O–H groups in total. The van der Waals surface area contributed by atoms with Crippen LogP contribution >= 0.6 is 0 Å². The Labute approximate surface area is 113 Å². The molecule has 0 spiro atoms. The van der Waals surface area contributed by atoms with Gasteiger partial charge in [0, 0.05) is 43.6 Å². The van der Waals surface area contributed by atoms with Crippen molar-refractivity contribution in [3.8, 4) is 0 Å². The Kier molecular flexibility index (Phi) is 3.51. The number of furan rings is 1. The van der Waals surface area contributed by atoms with Gasteiger partial charge in [0.25, 0.3) is 0 Å². The Morgan fingerprint density at radius 1 is 1.42 bits per heavy atom. The van der Waals surface area contributed by atoms with E-state index in [-0.39, 0.29) is 0 Å². The fraction of sp³-hybridized carbons (Fsp3) is 0.400. The first-order valence-corrected chi connectivity index (χ1v) is 6.72. The van der Waals surface area contributed by atoms with Crippen LogP contribution in [0.3, 0.4) is 0 Å². The molecule has 4 nitrogen and oxygen atoms in total. The highest BCUT2D eigenvalue weighted by atomic mass is 16.3. The minimum Gasteiger partial charge on any atom is -0.472 e. The van der Waals surface area contributed by atoms with E-state index in [1.165, 1.54) is 24.1 Å². The van der Waals surface area contributed by atoms with Gasteiger partial charge in [-0.2, -0.15) is 0 Å². The van der Waals surface area contributed by atoms with E-state index in [0.717, 1.165) is 18.8 Å². The van der Waals surface area contributed by atoms with E-state index in [2.05, 4.69) is 28.3 Å². The molecule has 0 unspecified atom stereocenters. The maximum Gasteiger partial charge on any atom is 0.0952 e. The van der Waals surface area contributed by atoms with Crippen molar-refractivity contribution >= 4 is 5.69 Å². The van der Waals surface area contributed by atoms with Crippen LogP contribution in [0.4, 0.5) is 5.69 Å². The highest BCUT2D eigenvalue weighted by molar-refractivity contribution is 5.46. The third-order valence-electron chi connectivity index (χ3n) is 3.39. The van der Waals surface area contributed by atoms with Crippen molar-refractivity contribution in [2.45, 2.75) is 32.0 Å². The number of pyridine rings is 1. The summed E-state index contributed by atoms with van der Waals surface area (Å²) in [6.45, 7) is 1.70. The molecule has 1 aliphatic rings. The second-order valence-corrected chi connectivity index (χ2v) is 5.15. The van der Waals surface area contributed by atoms with Crippen molar-refractivity contribution in [3.63, 3.8) is 0 Å². The first-order valence-electron chi connectivity index (χ1n) is 6.72. The van der Waals surface area contributed by atoms with E-state index in [1.807, 2.05) is 18.3 Å². The van der Waals surface area contributed by atoms with E-state index in [1.54, 1.807) is 12.5 Å². The predicted octanol–water partition coefficient (Wildman–Crippen LogP) is 2.56. The number of aromatic nitrogens is 1. The Hall–Kier alpha value is -1.81. The van der Waals surface area contributed by atoms with Gasteiger partial charge in [0.05, 0.1) is 18.2 Å². The van der Waals surface area contributed by atoms with Gasteiger partial charge in [0.2, 0.25) is 0 Å². The summed E-state index contributed by atoms with van der Waals surface area (Å²) in [6.07, 6.45) is 7.99. The van der Waals surface area contributed by atoms with Gasteiger partial charge in [-0.15, -0.1) is 0 Å². The summed E-state index contributed by atoms with van der Waals surface area (Å²) in [7, 11) is 2.08. The zero-order chi connectivity index (χ0) is 13.1. The smallest absolute Gasteiger partial charge is 0.0952 e. The Morgan fingerprint density at radius 2 is 2.32 bits per heavy atom. The molecule has 0 saturated heterocycles. The summed E-state index contributed by atoms with van der Waals surface area (Å²) < 4.78 is 5.10. The van der Waals surface area contributed by atoms with E-state index >= 15 is 0 Å². The van der Waals surface area contributed by atoms with Crippen LogP contribution in [0.25, 0.3) is 0 Å². The first-order chi connectivity index (χ1) is 9.31. The van der Waals surface area contributed by atoms with E-state index in [9.17, 15) is 0 Å². The number of hydrogen-bond donors (Lipinski definition) is 1. The summed E-state index contributed by atoms with van der Waals surface area (Å²) in [5, 5.41) is 3.49. The van der Waals surface area contributed by atoms with Gasteiger partial charge in [0.15, 0.2) is 0 Å². The molecule has 0 aliphatic heterocycles. The molecule has 0 atom stereocenters. The lowest BCUT2D eigenvalue weighted by molar-refractivity contribution is 0.563. The van der Waals surface area contributed by atoms with Crippen LogP contribution in [0.15, 0.2) is 41.3 Å². The fourth-order valence-electron chi connectivity index (χ4n) is 2.08. The molecule has 4 heteroatoms. The Morgan fingerprint density at radius 3 is 3.05 bits per heavy atom. The van der Waals surface area contributed by atoms with Crippen LogP contribution in [0.1, 0.15) is 24.1 Å². The lowest BCUT2D eigenvalue weighted by Crippen LogP contribution is -2.18. The van der Waals surface area contributed by atoms with Gasteiger partial charge in [0.1, 0.15) is 0 Å². The standard InChI is InChI=1S/C15H19N3O/c1-18(10-12-5-7-19-11-12)15-4-6-16-14(8-15)9-17-13-2-3-13/h4-8,11,13,17H,2-3,9-10H2,1H3. The number of nitrogens with one attached hydrogen (secondary N) is 1. The summed E-state index contributed by atoms with van der Waals surface area (Å²) in [5.74, 6) is 0. The maximum absolute atomic E-state index is 5.10. The SMILES string of the molecule is CN(Cc1ccoc1)c1ccnc(CNC2CC2)c1. The minimum atomic E-state index is 0.717. The molecule has 2 aromatic rings. The van der Waals surface area contributed by atoms with Crippen molar-refractivity contribution in [2.75, 3.05) is 11.9 Å². The van der Waals surface area contributed by atoms with Gasteiger partial charge < -0.3 is 14.6 Å². The third kappa shape index (κ3) is 3.35. The van der Waals surface area contributed by atoms with Crippen LogP contribution in [-0.4, -0.2) is 18.1 Å². The van der Waals surface area contributed by atoms with Crippen molar-refractivity contribution < 1.29 is 4.42 Å². The molecule has 0 bridgehead atoms. The zero-order valence-corrected chi connectivity index (χ0v) is 11.2. The predicted molar refractivity (Wildman–Crippen MR) is 74.9 cm³/mol. The Bertz CT molecular complexity index is 520. The minimum absolute atomic E-state index is 0.717. The molecule has 1 aliphatic carbocycles. The molecule has 1 saturated carbocycles. The average molecular weight is 257 g/mol. The van der Waals surface area contributed by atoms with Gasteiger partial charge >= 0.3 is 0 Å². The van der Waals surface area contributed by atoms with Crippen molar-refractivity contribution in [3.05, 3.63) is 48.2 Å². The van der Waals surface area contributed by atoms with Gasteiger partial charge in [-0.1, -0.05) is 0 Å². The van der Waals surface area contributed by atoms with Crippen LogP contribution < -0.4 is 10.2 Å². The lowest BCUT2D eigenvalue weighted by atomic mass is 10.2. The largest absolute Gasteiger partial charge is 0.472 e. The summed E-state index contributed by atoms with van der Waals surface area (Å²) in [6, 6.07) is 6.90. The van der Waals surface area contributed by atoms with Crippen molar-refractivity contribution in [1.29, 1.82) is 0 Å². The van der Waals surface area contributed by atoms with E-state index < -0.39 is 0 Å².